The number of carboxylic acid groups (broad SMARTS) is 1. The molecule has 0 saturated carbocycles. The number of benzene rings is 3. The summed E-state index contributed by atoms with van der Waals surface area (Å²) in [5.41, 5.74) is 4.08. The van der Waals surface area contributed by atoms with Crippen molar-refractivity contribution >= 4 is 34.4 Å². The van der Waals surface area contributed by atoms with Crippen molar-refractivity contribution in [1.29, 1.82) is 0 Å². The van der Waals surface area contributed by atoms with E-state index in [9.17, 15) is 14.0 Å². The van der Waals surface area contributed by atoms with Gasteiger partial charge in [0.15, 0.2) is 0 Å². The minimum Gasteiger partial charge on any atom is -0.481 e. The van der Waals surface area contributed by atoms with Gasteiger partial charge in [0, 0.05) is 34.6 Å². The number of carbonyl (C=O) groups excluding carboxylic acids is 1. The number of amides is 1. The van der Waals surface area contributed by atoms with Gasteiger partial charge in [-0.2, -0.15) is 0 Å². The Morgan fingerprint density at radius 1 is 1.03 bits per heavy atom. The van der Waals surface area contributed by atoms with Crippen LogP contribution < -0.4 is 5.32 Å². The second-order valence-corrected chi connectivity index (χ2v) is 9.29. The molecule has 1 amide bonds. The largest absolute Gasteiger partial charge is 0.481 e. The summed E-state index contributed by atoms with van der Waals surface area (Å²) in [5, 5.41) is 12.9. The van der Waals surface area contributed by atoms with Crippen molar-refractivity contribution in [3.8, 4) is 0 Å². The van der Waals surface area contributed by atoms with Crippen LogP contribution in [0.4, 0.5) is 4.39 Å². The Balaban J connectivity index is 1.73. The van der Waals surface area contributed by atoms with Gasteiger partial charge in [-0.15, -0.1) is 0 Å². The lowest BCUT2D eigenvalue weighted by Gasteiger charge is -2.28. The number of aliphatic carboxylic acids is 1. The number of hydrogen-bond acceptors (Lipinski definition) is 2. The monoisotopic (exact) mass is 506 g/mol. The van der Waals surface area contributed by atoms with Crippen molar-refractivity contribution in [1.82, 2.24) is 10.3 Å². The number of aromatic nitrogens is 1. The molecule has 0 aliphatic rings. The summed E-state index contributed by atoms with van der Waals surface area (Å²) in [4.78, 5) is 26.3. The third-order valence-corrected chi connectivity index (χ3v) is 6.74. The molecule has 4 rings (SSSR count). The lowest BCUT2D eigenvalue weighted by Crippen LogP contribution is -2.26. The summed E-state index contributed by atoms with van der Waals surface area (Å²) < 4.78 is 14.5. The molecule has 1 aromatic heterocycles. The van der Waals surface area contributed by atoms with E-state index in [2.05, 4.69) is 17.2 Å². The second-order valence-electron chi connectivity index (χ2n) is 8.85. The molecular weight excluding hydrogens is 479 g/mol. The Labute approximate surface area is 214 Å². The number of carbonyl (C=O) groups is 2. The summed E-state index contributed by atoms with van der Waals surface area (Å²) in [6, 6.07) is 20.3. The molecular formula is C29H28ClFN2O3. The molecule has 5 nitrogen and oxygen atoms in total. The minimum atomic E-state index is -0.960. The van der Waals surface area contributed by atoms with Gasteiger partial charge in [0.05, 0.1) is 11.9 Å². The van der Waals surface area contributed by atoms with E-state index >= 15 is 0 Å². The number of fused-ring (bicyclic) bond motifs is 1. The molecule has 36 heavy (non-hydrogen) atoms. The highest BCUT2D eigenvalue weighted by Crippen LogP contribution is 2.44. The van der Waals surface area contributed by atoms with Gasteiger partial charge in [0.2, 0.25) is 0 Å². The average Bonchev–Trinajstić information content (AvgIpc) is 3.30. The first-order valence-electron chi connectivity index (χ1n) is 12.0. The summed E-state index contributed by atoms with van der Waals surface area (Å²) in [7, 11) is 0. The van der Waals surface area contributed by atoms with Gasteiger partial charge in [0.25, 0.3) is 5.91 Å². The van der Waals surface area contributed by atoms with E-state index in [1.165, 1.54) is 6.07 Å². The summed E-state index contributed by atoms with van der Waals surface area (Å²) in [6.07, 6.45) is 3.57. The van der Waals surface area contributed by atoms with E-state index in [0.29, 0.717) is 16.1 Å². The number of hydrogen-bond donors (Lipinski definition) is 3. The predicted octanol–water partition coefficient (Wildman–Crippen LogP) is 6.88. The Hall–Kier alpha value is -3.64. The molecule has 1 heterocycles. The molecule has 0 saturated heterocycles. The summed E-state index contributed by atoms with van der Waals surface area (Å²) >= 11 is 6.19. The van der Waals surface area contributed by atoms with Gasteiger partial charge in [0.1, 0.15) is 5.82 Å². The molecule has 0 aliphatic heterocycles. The Morgan fingerprint density at radius 3 is 2.39 bits per heavy atom. The molecule has 0 spiro atoms. The number of aromatic amines is 1. The standard InChI is InChI=1S/C29H28ClFN2O3/c1-2-4-22(18-7-9-20(10-8-18)29(36)32-16-15-26(34)35)27(19-11-13-21(30)14-12-19)24-17-33-28-23(24)5-3-6-25(28)31/h3,5-14,17,22,27,33H,2,4,15-16H2,1H3,(H,32,36)(H,34,35). The van der Waals surface area contributed by atoms with Crippen LogP contribution in [0.2, 0.25) is 5.02 Å². The van der Waals surface area contributed by atoms with E-state index in [1.54, 1.807) is 18.2 Å². The number of halogens is 2. The van der Waals surface area contributed by atoms with Crippen molar-refractivity contribution in [2.75, 3.05) is 6.54 Å². The number of nitrogens with one attached hydrogen (secondary N) is 2. The zero-order valence-electron chi connectivity index (χ0n) is 19.9. The van der Waals surface area contributed by atoms with E-state index in [1.807, 2.05) is 48.7 Å². The highest BCUT2D eigenvalue weighted by Gasteiger charge is 2.29. The molecule has 7 heteroatoms. The molecule has 3 N–H and O–H groups in total. The molecule has 0 bridgehead atoms. The van der Waals surface area contributed by atoms with Gasteiger partial charge in [-0.1, -0.05) is 61.3 Å². The summed E-state index contributed by atoms with van der Waals surface area (Å²) in [6.45, 7) is 2.20. The smallest absolute Gasteiger partial charge is 0.305 e. The maximum atomic E-state index is 14.5. The van der Waals surface area contributed by atoms with Crippen LogP contribution in [0.5, 0.6) is 0 Å². The molecule has 0 fully saturated rings. The van der Waals surface area contributed by atoms with Crippen LogP contribution in [-0.4, -0.2) is 28.5 Å². The van der Waals surface area contributed by atoms with E-state index in [4.69, 9.17) is 16.7 Å². The van der Waals surface area contributed by atoms with Crippen molar-refractivity contribution in [3.05, 3.63) is 106 Å². The van der Waals surface area contributed by atoms with Crippen molar-refractivity contribution < 1.29 is 19.1 Å². The molecule has 186 valence electrons. The quantitative estimate of drug-likeness (QED) is 0.219. The van der Waals surface area contributed by atoms with E-state index in [0.717, 1.165) is 34.9 Å². The summed E-state index contributed by atoms with van der Waals surface area (Å²) in [5.74, 6) is -1.58. The minimum absolute atomic E-state index is 0.0579. The number of rotatable bonds is 10. The Morgan fingerprint density at radius 2 is 1.72 bits per heavy atom. The Kier molecular flexibility index (Phi) is 8.06. The number of carboxylic acids is 1. The number of H-pyrrole nitrogens is 1. The third-order valence-electron chi connectivity index (χ3n) is 6.49. The molecule has 0 radical (unpaired) electrons. The van der Waals surface area contributed by atoms with Gasteiger partial charge in [-0.25, -0.2) is 4.39 Å². The van der Waals surface area contributed by atoms with Crippen LogP contribution in [0.25, 0.3) is 10.9 Å². The Bertz CT molecular complexity index is 1350. The molecule has 2 unspecified atom stereocenters. The lowest BCUT2D eigenvalue weighted by molar-refractivity contribution is -0.136. The first-order valence-corrected chi connectivity index (χ1v) is 12.4. The molecule has 0 aliphatic carbocycles. The van der Waals surface area contributed by atoms with Crippen LogP contribution in [0.1, 0.15) is 65.1 Å². The van der Waals surface area contributed by atoms with Gasteiger partial charge in [-0.3, -0.25) is 9.59 Å². The fraction of sp³-hybridized carbons (Fsp3) is 0.241. The van der Waals surface area contributed by atoms with Crippen LogP contribution in [0.15, 0.2) is 72.9 Å². The maximum absolute atomic E-state index is 14.5. The molecule has 4 aromatic rings. The van der Waals surface area contributed by atoms with Gasteiger partial charge >= 0.3 is 5.97 Å². The van der Waals surface area contributed by atoms with Gasteiger partial charge in [-0.05, 0) is 59.4 Å². The maximum Gasteiger partial charge on any atom is 0.305 e. The zero-order chi connectivity index (χ0) is 25.7. The van der Waals surface area contributed by atoms with Crippen LogP contribution in [-0.2, 0) is 4.79 Å². The average molecular weight is 507 g/mol. The van der Waals surface area contributed by atoms with E-state index < -0.39 is 5.97 Å². The first-order chi connectivity index (χ1) is 17.4. The molecule has 2 atom stereocenters. The second kappa shape index (κ2) is 11.4. The highest BCUT2D eigenvalue weighted by atomic mass is 35.5. The zero-order valence-corrected chi connectivity index (χ0v) is 20.7. The van der Waals surface area contributed by atoms with Crippen LogP contribution in [0, 0.1) is 5.82 Å². The van der Waals surface area contributed by atoms with Crippen molar-refractivity contribution in [2.45, 2.75) is 38.0 Å². The molecule has 3 aromatic carbocycles. The van der Waals surface area contributed by atoms with Crippen molar-refractivity contribution in [2.24, 2.45) is 0 Å². The van der Waals surface area contributed by atoms with Crippen molar-refractivity contribution in [3.63, 3.8) is 0 Å². The normalized spacial score (nSPS) is 12.9. The fourth-order valence-corrected chi connectivity index (χ4v) is 4.92. The lowest BCUT2D eigenvalue weighted by atomic mass is 9.75. The number of para-hydroxylation sites is 1. The fourth-order valence-electron chi connectivity index (χ4n) is 4.80. The predicted molar refractivity (Wildman–Crippen MR) is 140 cm³/mol. The third kappa shape index (κ3) is 5.60. The van der Waals surface area contributed by atoms with Gasteiger partial charge < -0.3 is 15.4 Å². The van der Waals surface area contributed by atoms with E-state index in [-0.39, 0.29) is 36.5 Å². The van der Waals surface area contributed by atoms with Crippen LogP contribution in [0.3, 0.4) is 0 Å². The van der Waals surface area contributed by atoms with Crippen LogP contribution >= 0.6 is 11.6 Å². The highest BCUT2D eigenvalue weighted by molar-refractivity contribution is 6.30. The SMILES string of the molecule is CCCC(c1ccc(C(=O)NCCC(=O)O)cc1)C(c1ccc(Cl)cc1)c1c[nH]c2c(F)cccc12. The topological polar surface area (TPSA) is 82.2 Å². The first kappa shape index (κ1) is 25.5.